The Kier molecular flexibility index (Phi) is 3.44. The summed E-state index contributed by atoms with van der Waals surface area (Å²) < 4.78 is 0. The fourth-order valence-corrected chi connectivity index (χ4v) is 2.07. The van der Waals surface area contributed by atoms with Crippen molar-refractivity contribution in [3.63, 3.8) is 0 Å². The molecule has 17 heavy (non-hydrogen) atoms. The predicted octanol–water partition coefficient (Wildman–Crippen LogP) is 0.821. The van der Waals surface area contributed by atoms with Crippen LogP contribution >= 0.6 is 0 Å². The molecule has 5 N–H and O–H groups in total. The van der Waals surface area contributed by atoms with Gasteiger partial charge in [-0.1, -0.05) is 13.8 Å². The fourth-order valence-electron chi connectivity index (χ4n) is 2.07. The van der Waals surface area contributed by atoms with Crippen LogP contribution in [0.5, 0.6) is 0 Å². The molecule has 0 aliphatic heterocycles. The van der Waals surface area contributed by atoms with Crippen LogP contribution in [0.2, 0.25) is 0 Å². The van der Waals surface area contributed by atoms with E-state index in [1.165, 1.54) is 6.33 Å². The van der Waals surface area contributed by atoms with Crippen LogP contribution in [0.4, 0.5) is 11.6 Å². The van der Waals surface area contributed by atoms with Gasteiger partial charge in [0.05, 0.1) is 6.10 Å². The number of aliphatic hydroxyl groups is 1. The summed E-state index contributed by atoms with van der Waals surface area (Å²) in [7, 11) is 0. The van der Waals surface area contributed by atoms with Crippen LogP contribution in [0.3, 0.4) is 0 Å². The first-order valence-corrected chi connectivity index (χ1v) is 5.88. The maximum atomic E-state index is 9.27. The summed E-state index contributed by atoms with van der Waals surface area (Å²) in [5, 5.41) is 12.6. The Morgan fingerprint density at radius 3 is 2.53 bits per heavy atom. The first kappa shape index (κ1) is 12.1. The van der Waals surface area contributed by atoms with Crippen LogP contribution in [-0.4, -0.2) is 27.2 Å². The van der Waals surface area contributed by atoms with Crippen molar-refractivity contribution in [1.29, 1.82) is 0 Å². The number of hydrazine groups is 1. The number of nitrogen functional groups attached to an aromatic ring is 1. The average molecular weight is 237 g/mol. The van der Waals surface area contributed by atoms with Crippen molar-refractivity contribution in [3.8, 4) is 0 Å². The second-order valence-electron chi connectivity index (χ2n) is 4.75. The Morgan fingerprint density at radius 2 is 2.00 bits per heavy atom. The first-order chi connectivity index (χ1) is 8.11. The zero-order chi connectivity index (χ0) is 12.4. The lowest BCUT2D eigenvalue weighted by molar-refractivity contribution is 0.0835. The highest BCUT2D eigenvalue weighted by atomic mass is 16.3. The number of nitrogens with one attached hydrogen (secondary N) is 2. The predicted molar refractivity (Wildman–Crippen MR) is 66.6 cm³/mol. The van der Waals surface area contributed by atoms with E-state index in [4.69, 9.17) is 5.84 Å². The van der Waals surface area contributed by atoms with Crippen LogP contribution in [-0.2, 0) is 0 Å². The van der Waals surface area contributed by atoms with Crippen molar-refractivity contribution in [2.24, 2.45) is 5.84 Å². The summed E-state index contributed by atoms with van der Waals surface area (Å²) in [6.45, 7) is 4.14. The molecule has 1 aromatic rings. The second-order valence-corrected chi connectivity index (χ2v) is 4.75. The van der Waals surface area contributed by atoms with E-state index in [1.54, 1.807) is 0 Å². The van der Waals surface area contributed by atoms with E-state index in [2.05, 4.69) is 34.6 Å². The molecule has 6 heteroatoms. The number of aromatic nitrogens is 2. The summed E-state index contributed by atoms with van der Waals surface area (Å²) in [4.78, 5) is 8.36. The maximum Gasteiger partial charge on any atom is 0.148 e. The lowest BCUT2D eigenvalue weighted by Crippen LogP contribution is -2.39. The molecule has 0 amide bonds. The van der Waals surface area contributed by atoms with Crippen LogP contribution < -0.4 is 16.6 Å². The van der Waals surface area contributed by atoms with Gasteiger partial charge in [0.15, 0.2) is 0 Å². The van der Waals surface area contributed by atoms with Crippen molar-refractivity contribution >= 4 is 11.6 Å². The fraction of sp³-hybridized carbons (Fsp3) is 0.636. The zero-order valence-electron chi connectivity index (χ0n) is 10.1. The lowest BCUT2D eigenvalue weighted by atomic mass is 9.89. The molecule has 6 nitrogen and oxygen atoms in total. The molecule has 0 atom stereocenters. The Balaban J connectivity index is 2.20. The number of nitrogens with zero attached hydrogens (tertiary/aromatic N) is 2. The third-order valence-corrected chi connectivity index (χ3v) is 3.05. The van der Waals surface area contributed by atoms with Gasteiger partial charge in [0.2, 0.25) is 0 Å². The van der Waals surface area contributed by atoms with Crippen LogP contribution in [0.25, 0.3) is 0 Å². The Hall–Kier alpha value is -1.40. The summed E-state index contributed by atoms with van der Waals surface area (Å²) in [5.74, 6) is 7.18. The van der Waals surface area contributed by atoms with Crippen molar-refractivity contribution < 1.29 is 5.11 Å². The van der Waals surface area contributed by atoms with Crippen molar-refractivity contribution in [2.45, 2.75) is 44.8 Å². The van der Waals surface area contributed by atoms with Gasteiger partial charge in [-0.05, 0) is 18.8 Å². The first-order valence-electron chi connectivity index (χ1n) is 5.88. The van der Waals surface area contributed by atoms with E-state index in [-0.39, 0.29) is 12.0 Å². The average Bonchev–Trinajstić information content (AvgIpc) is 2.26. The third kappa shape index (κ3) is 2.48. The molecule has 94 valence electrons. The highest BCUT2D eigenvalue weighted by Gasteiger charge is 2.28. The summed E-state index contributed by atoms with van der Waals surface area (Å²) >= 11 is 0. The Morgan fingerprint density at radius 1 is 1.35 bits per heavy atom. The van der Waals surface area contributed by atoms with Gasteiger partial charge in [0.25, 0.3) is 0 Å². The molecule has 0 aromatic carbocycles. The highest BCUT2D eigenvalue weighted by Crippen LogP contribution is 2.31. The largest absolute Gasteiger partial charge is 0.393 e. The summed E-state index contributed by atoms with van der Waals surface area (Å²) in [6.07, 6.45) is 2.85. The lowest BCUT2D eigenvalue weighted by Gasteiger charge is -2.33. The van der Waals surface area contributed by atoms with Crippen molar-refractivity contribution in [1.82, 2.24) is 9.97 Å². The van der Waals surface area contributed by atoms with Crippen LogP contribution in [0.1, 0.15) is 38.2 Å². The van der Waals surface area contributed by atoms with Gasteiger partial charge in [-0.2, -0.15) is 0 Å². The van der Waals surface area contributed by atoms with Crippen molar-refractivity contribution in [3.05, 3.63) is 11.9 Å². The SMILES string of the molecule is CC(C)c1c(NN)ncnc1NC1CC(O)C1. The maximum absolute atomic E-state index is 9.27. The quantitative estimate of drug-likeness (QED) is 0.457. The van der Waals surface area contributed by atoms with Gasteiger partial charge in [-0.15, -0.1) is 0 Å². The molecule has 0 unspecified atom stereocenters. The zero-order valence-corrected chi connectivity index (χ0v) is 10.1. The minimum atomic E-state index is -0.177. The van der Waals surface area contributed by atoms with E-state index in [9.17, 15) is 5.11 Å². The Bertz CT molecular complexity index is 389. The monoisotopic (exact) mass is 237 g/mol. The molecule has 0 bridgehead atoms. The molecular formula is C11H19N5O. The highest BCUT2D eigenvalue weighted by molar-refractivity contribution is 5.59. The molecule has 1 aliphatic rings. The van der Waals surface area contributed by atoms with E-state index in [1.807, 2.05) is 0 Å². The summed E-state index contributed by atoms with van der Waals surface area (Å²) in [5.41, 5.74) is 3.58. The van der Waals surface area contributed by atoms with Gasteiger partial charge in [-0.25, -0.2) is 15.8 Å². The van der Waals surface area contributed by atoms with Crippen molar-refractivity contribution in [2.75, 3.05) is 10.7 Å². The smallest absolute Gasteiger partial charge is 0.148 e. The minimum Gasteiger partial charge on any atom is -0.393 e. The molecule has 1 saturated carbocycles. The van der Waals surface area contributed by atoms with Crippen LogP contribution in [0, 0.1) is 0 Å². The molecule has 1 aromatic heterocycles. The molecule has 1 heterocycles. The number of rotatable bonds is 4. The third-order valence-electron chi connectivity index (χ3n) is 3.05. The van der Waals surface area contributed by atoms with E-state index >= 15 is 0 Å². The number of hydrogen-bond acceptors (Lipinski definition) is 6. The molecule has 1 aliphatic carbocycles. The standard InChI is InChI=1S/C11H19N5O/c1-6(2)9-10(13-5-14-11(9)16-12)15-7-3-8(17)4-7/h5-8,17H,3-4,12H2,1-2H3,(H2,13,14,15,16). The normalized spacial score (nSPS) is 23.4. The number of hydrogen-bond donors (Lipinski definition) is 4. The topological polar surface area (TPSA) is 96.1 Å². The Labute approximate surface area is 101 Å². The minimum absolute atomic E-state index is 0.177. The number of anilines is 2. The summed E-state index contributed by atoms with van der Waals surface area (Å²) in [6, 6.07) is 0.294. The van der Waals surface area contributed by atoms with Gasteiger partial charge < -0.3 is 15.8 Å². The van der Waals surface area contributed by atoms with E-state index in [0.29, 0.717) is 11.9 Å². The van der Waals surface area contributed by atoms with Gasteiger partial charge >= 0.3 is 0 Å². The van der Waals surface area contributed by atoms with Gasteiger partial charge in [0.1, 0.15) is 18.0 Å². The molecule has 1 fully saturated rings. The molecule has 0 spiro atoms. The van der Waals surface area contributed by atoms with Crippen LogP contribution in [0.15, 0.2) is 6.33 Å². The van der Waals surface area contributed by atoms with Gasteiger partial charge in [0, 0.05) is 11.6 Å². The molecular weight excluding hydrogens is 218 g/mol. The van der Waals surface area contributed by atoms with E-state index in [0.717, 1.165) is 24.2 Å². The molecule has 0 radical (unpaired) electrons. The number of aliphatic hydroxyl groups excluding tert-OH is 1. The number of nitrogens with two attached hydrogens (primary N) is 1. The van der Waals surface area contributed by atoms with E-state index < -0.39 is 0 Å². The molecule has 0 saturated heterocycles. The molecule has 2 rings (SSSR count). The van der Waals surface area contributed by atoms with Gasteiger partial charge in [-0.3, -0.25) is 0 Å². The second kappa shape index (κ2) is 4.85.